The lowest BCUT2D eigenvalue weighted by Gasteiger charge is -2.18. The van der Waals surface area contributed by atoms with Gasteiger partial charge in [0.1, 0.15) is 11.5 Å². The number of hydrogen-bond donors (Lipinski definition) is 1. The van der Waals surface area contributed by atoms with Gasteiger partial charge < -0.3 is 14.8 Å². The molecule has 3 rings (SSSR count). The number of rotatable bonds is 12. The summed E-state index contributed by atoms with van der Waals surface area (Å²) in [7, 11) is 1.57. The van der Waals surface area contributed by atoms with E-state index in [1.165, 1.54) is 5.56 Å². The van der Waals surface area contributed by atoms with Crippen LogP contribution in [0.5, 0.6) is 11.5 Å². The first-order valence-corrected chi connectivity index (χ1v) is 12.0. The number of nitrogens with one attached hydrogen (secondary N) is 1. The quantitative estimate of drug-likeness (QED) is 0.439. The monoisotopic (exact) mass is 455 g/mol. The smallest absolute Gasteiger partial charge is 0.258 e. The van der Waals surface area contributed by atoms with Crippen molar-refractivity contribution in [3.8, 4) is 11.5 Å². The van der Waals surface area contributed by atoms with E-state index in [2.05, 4.69) is 16.8 Å². The first-order chi connectivity index (χ1) is 15.1. The largest absolute Gasteiger partial charge is 0.497 e. The zero-order valence-electron chi connectivity index (χ0n) is 17.3. The van der Waals surface area contributed by atoms with Crippen molar-refractivity contribution >= 4 is 34.8 Å². The predicted molar refractivity (Wildman–Crippen MR) is 126 cm³/mol. The first-order valence-electron chi connectivity index (χ1n) is 9.85. The summed E-state index contributed by atoms with van der Waals surface area (Å²) in [5.74, 6) is 1.97. The van der Waals surface area contributed by atoms with Crippen molar-refractivity contribution in [2.75, 3.05) is 19.5 Å². The summed E-state index contributed by atoms with van der Waals surface area (Å²) in [6.45, 7) is -0.173. The van der Waals surface area contributed by atoms with Crippen molar-refractivity contribution in [3.05, 3.63) is 82.6 Å². The molecule has 31 heavy (non-hydrogen) atoms. The van der Waals surface area contributed by atoms with Crippen LogP contribution in [0, 0.1) is 0 Å². The Hall–Kier alpha value is -2.77. The van der Waals surface area contributed by atoms with Gasteiger partial charge in [-0.3, -0.25) is 9.59 Å². The molecular formula is C24H25NO4S2. The normalized spacial score (nSPS) is 11.5. The molecule has 0 radical (unpaired) electrons. The van der Waals surface area contributed by atoms with Crippen LogP contribution < -0.4 is 14.8 Å². The third-order valence-corrected chi connectivity index (χ3v) is 6.27. The van der Waals surface area contributed by atoms with E-state index in [0.717, 1.165) is 11.3 Å². The van der Waals surface area contributed by atoms with Crippen LogP contribution in [0.3, 0.4) is 0 Å². The minimum absolute atomic E-state index is 0.00110. The average molecular weight is 456 g/mol. The molecule has 1 atom stereocenters. The number of Topliss-reactive ketones (excluding diaryl/α,β-unsaturated/α-hetero) is 1. The highest BCUT2D eigenvalue weighted by Gasteiger charge is 2.21. The summed E-state index contributed by atoms with van der Waals surface area (Å²) in [6, 6.07) is 18.2. The Kier molecular flexibility index (Phi) is 8.99. The van der Waals surface area contributed by atoms with Gasteiger partial charge in [-0.2, -0.15) is 11.3 Å². The second kappa shape index (κ2) is 12.2. The Morgan fingerprint density at radius 2 is 1.84 bits per heavy atom. The fourth-order valence-electron chi connectivity index (χ4n) is 2.92. The molecule has 0 aliphatic heterocycles. The highest BCUT2D eigenvalue weighted by Crippen LogP contribution is 2.19. The van der Waals surface area contributed by atoms with Crippen LogP contribution in [0.25, 0.3) is 0 Å². The molecule has 1 aromatic heterocycles. The fourth-order valence-corrected chi connectivity index (χ4v) is 4.61. The number of methoxy groups -OCH3 is 1. The molecular weight excluding hydrogens is 430 g/mol. The molecule has 1 heterocycles. The molecule has 0 bridgehead atoms. The van der Waals surface area contributed by atoms with Gasteiger partial charge in [-0.15, -0.1) is 11.8 Å². The summed E-state index contributed by atoms with van der Waals surface area (Å²) >= 11 is 3.20. The van der Waals surface area contributed by atoms with Crippen molar-refractivity contribution in [3.63, 3.8) is 0 Å². The number of thiophene rings is 1. The molecule has 3 aromatic rings. The van der Waals surface area contributed by atoms with Gasteiger partial charge in [0.15, 0.2) is 12.4 Å². The molecule has 7 heteroatoms. The molecule has 0 aliphatic carbocycles. The number of carbonyl (C=O) groups excluding carboxylic acids is 2. The highest BCUT2D eigenvalue weighted by atomic mass is 32.2. The van der Waals surface area contributed by atoms with Gasteiger partial charge in [-0.25, -0.2) is 0 Å². The van der Waals surface area contributed by atoms with E-state index in [-0.39, 0.29) is 18.3 Å². The average Bonchev–Trinajstić information content (AvgIpc) is 3.31. The van der Waals surface area contributed by atoms with E-state index >= 15 is 0 Å². The number of amides is 1. The highest BCUT2D eigenvalue weighted by molar-refractivity contribution is 7.99. The second-order valence-corrected chi connectivity index (χ2v) is 8.63. The lowest BCUT2D eigenvalue weighted by Crippen LogP contribution is -2.45. The summed E-state index contributed by atoms with van der Waals surface area (Å²) < 4.78 is 10.7. The van der Waals surface area contributed by atoms with Crippen molar-refractivity contribution in [1.29, 1.82) is 0 Å². The van der Waals surface area contributed by atoms with Crippen LogP contribution in [0.1, 0.15) is 11.1 Å². The summed E-state index contributed by atoms with van der Waals surface area (Å²) in [6.07, 6.45) is 0.448. The van der Waals surface area contributed by atoms with Crippen molar-refractivity contribution in [1.82, 2.24) is 5.32 Å². The number of hydrogen-bond acceptors (Lipinski definition) is 6. The standard InChI is InChI=1S/C24H25NO4S2/c1-28-20-8-5-9-21(13-20)29-14-24(27)25-22(12-18-6-3-2-4-7-18)23(26)17-31-16-19-10-11-30-15-19/h2-11,13,15,22H,12,14,16-17H2,1H3,(H,25,27). The van der Waals surface area contributed by atoms with Crippen LogP contribution in [0.15, 0.2) is 71.4 Å². The molecule has 0 fully saturated rings. The van der Waals surface area contributed by atoms with E-state index in [0.29, 0.717) is 23.7 Å². The number of thioether (sulfide) groups is 1. The van der Waals surface area contributed by atoms with Gasteiger partial charge in [-0.05, 0) is 46.5 Å². The third-order valence-electron chi connectivity index (χ3n) is 4.51. The van der Waals surface area contributed by atoms with Gasteiger partial charge in [-0.1, -0.05) is 36.4 Å². The fraction of sp³-hybridized carbons (Fsp3) is 0.250. The Morgan fingerprint density at radius 1 is 1.03 bits per heavy atom. The second-order valence-electron chi connectivity index (χ2n) is 6.87. The maximum Gasteiger partial charge on any atom is 0.258 e. The Balaban J connectivity index is 1.56. The minimum Gasteiger partial charge on any atom is -0.497 e. The zero-order chi connectivity index (χ0) is 21.9. The van der Waals surface area contributed by atoms with Crippen LogP contribution >= 0.6 is 23.1 Å². The Morgan fingerprint density at radius 3 is 2.58 bits per heavy atom. The topological polar surface area (TPSA) is 64.6 Å². The van der Waals surface area contributed by atoms with E-state index in [4.69, 9.17) is 9.47 Å². The molecule has 0 saturated carbocycles. The van der Waals surface area contributed by atoms with Crippen LogP contribution in [-0.2, 0) is 21.8 Å². The van der Waals surface area contributed by atoms with Crippen molar-refractivity contribution in [2.45, 2.75) is 18.2 Å². The van der Waals surface area contributed by atoms with Crippen LogP contribution in [-0.4, -0.2) is 37.2 Å². The van der Waals surface area contributed by atoms with Crippen molar-refractivity contribution in [2.24, 2.45) is 0 Å². The van der Waals surface area contributed by atoms with Crippen LogP contribution in [0.4, 0.5) is 0 Å². The summed E-state index contributed by atoms with van der Waals surface area (Å²) in [5, 5.41) is 6.96. The van der Waals surface area contributed by atoms with Gasteiger partial charge >= 0.3 is 0 Å². The first kappa shape index (κ1) is 22.9. The third kappa shape index (κ3) is 7.77. The number of ether oxygens (including phenoxy) is 2. The van der Waals surface area contributed by atoms with Gasteiger partial charge in [0.25, 0.3) is 5.91 Å². The van der Waals surface area contributed by atoms with E-state index in [1.54, 1.807) is 54.5 Å². The number of carbonyl (C=O) groups is 2. The van der Waals surface area contributed by atoms with Gasteiger partial charge in [0.2, 0.25) is 0 Å². The minimum atomic E-state index is -0.598. The van der Waals surface area contributed by atoms with Gasteiger partial charge in [0, 0.05) is 11.8 Å². The van der Waals surface area contributed by atoms with Gasteiger partial charge in [0.05, 0.1) is 18.9 Å². The molecule has 0 aliphatic rings. The Bertz CT molecular complexity index is 961. The SMILES string of the molecule is COc1cccc(OCC(=O)NC(Cc2ccccc2)C(=O)CSCc2ccsc2)c1. The summed E-state index contributed by atoms with van der Waals surface area (Å²) in [4.78, 5) is 25.4. The maximum absolute atomic E-state index is 12.9. The molecule has 1 amide bonds. The molecule has 5 nitrogen and oxygen atoms in total. The lowest BCUT2D eigenvalue weighted by molar-refractivity contribution is -0.128. The van der Waals surface area contributed by atoms with Crippen molar-refractivity contribution < 1.29 is 19.1 Å². The number of ketones is 1. The predicted octanol–water partition coefficient (Wildman–Crippen LogP) is 4.37. The lowest BCUT2D eigenvalue weighted by atomic mass is 10.0. The molecule has 162 valence electrons. The van der Waals surface area contributed by atoms with E-state index < -0.39 is 6.04 Å². The molecule has 0 spiro atoms. The molecule has 1 N–H and O–H groups in total. The summed E-state index contributed by atoms with van der Waals surface area (Å²) in [5.41, 5.74) is 2.20. The molecule has 2 aromatic carbocycles. The zero-order valence-corrected chi connectivity index (χ0v) is 18.9. The van der Waals surface area contributed by atoms with Crippen LogP contribution in [0.2, 0.25) is 0 Å². The Labute approximate surface area is 190 Å². The van der Waals surface area contributed by atoms with E-state index in [9.17, 15) is 9.59 Å². The number of benzene rings is 2. The molecule has 0 saturated heterocycles. The van der Waals surface area contributed by atoms with E-state index in [1.807, 2.05) is 35.7 Å². The molecule has 1 unspecified atom stereocenters. The maximum atomic E-state index is 12.9.